The van der Waals surface area contributed by atoms with Crippen molar-refractivity contribution in [3.63, 3.8) is 0 Å². The summed E-state index contributed by atoms with van der Waals surface area (Å²) in [5.41, 5.74) is 0.503. The first-order valence-corrected chi connectivity index (χ1v) is 4.36. The molecule has 0 aromatic heterocycles. The van der Waals surface area contributed by atoms with Crippen molar-refractivity contribution < 1.29 is 14.6 Å². The quantitative estimate of drug-likeness (QED) is 0.748. The van der Waals surface area contributed by atoms with Gasteiger partial charge in [0, 0.05) is 0 Å². The Bertz CT molecular complexity index is 474. The fraction of sp³-hybridized carbons (Fsp3) is 0. The van der Waals surface area contributed by atoms with Crippen LogP contribution in [0.5, 0.6) is 11.5 Å². The first-order valence-electron chi connectivity index (χ1n) is 4.36. The Morgan fingerprint density at radius 1 is 1.13 bits per heavy atom. The summed E-state index contributed by atoms with van der Waals surface area (Å²) >= 11 is 0. The van der Waals surface area contributed by atoms with E-state index in [0.717, 1.165) is 6.07 Å². The number of rotatable bonds is 1. The van der Waals surface area contributed by atoms with E-state index in [9.17, 15) is 14.6 Å². The molecule has 2 nitrogen and oxygen atoms in total. The van der Waals surface area contributed by atoms with Crippen LogP contribution in [0, 0.1) is 11.9 Å². The Morgan fingerprint density at radius 3 is 2.60 bits per heavy atom. The first-order chi connectivity index (χ1) is 7.18. The molecule has 0 spiro atoms. The molecule has 15 heavy (non-hydrogen) atoms. The topological polar surface area (TPSA) is 40.5 Å². The van der Waals surface area contributed by atoms with Gasteiger partial charge >= 0.3 is 0 Å². The Balaban J connectivity index is 2.63. The molecule has 75 valence electrons. The molecule has 0 heterocycles. The van der Waals surface area contributed by atoms with Gasteiger partial charge in [0.15, 0.2) is 0 Å². The van der Waals surface area contributed by atoms with Gasteiger partial charge < -0.3 is 10.2 Å². The molecule has 0 atom stereocenters. The largest absolute Gasteiger partial charge is 0.508 e. The molecule has 2 rings (SSSR count). The lowest BCUT2D eigenvalue weighted by molar-refractivity contribution is 0.470. The molecule has 0 fully saturated rings. The zero-order valence-corrected chi connectivity index (χ0v) is 7.74. The van der Waals surface area contributed by atoms with Crippen LogP contribution in [-0.2, 0) is 0 Å². The molecule has 0 aliphatic rings. The van der Waals surface area contributed by atoms with Gasteiger partial charge in [0.2, 0.25) is 0 Å². The van der Waals surface area contributed by atoms with Crippen molar-refractivity contribution in [2.24, 2.45) is 0 Å². The highest BCUT2D eigenvalue weighted by Gasteiger charge is 2.10. The fourth-order valence-electron chi connectivity index (χ4n) is 1.41. The third-order valence-corrected chi connectivity index (χ3v) is 2.06. The van der Waals surface area contributed by atoms with Gasteiger partial charge in [-0.05, 0) is 35.9 Å². The van der Waals surface area contributed by atoms with Crippen LogP contribution in [0.25, 0.3) is 11.1 Å². The summed E-state index contributed by atoms with van der Waals surface area (Å²) in [6.45, 7) is 0. The molecule has 1 radical (unpaired) electrons. The Morgan fingerprint density at radius 2 is 1.93 bits per heavy atom. The number of benzene rings is 2. The summed E-state index contributed by atoms with van der Waals surface area (Å²) in [6.07, 6.45) is 0. The number of phenolic OH excluding ortho intramolecular Hbond substituents is 2. The fourth-order valence-corrected chi connectivity index (χ4v) is 1.41. The van der Waals surface area contributed by atoms with E-state index in [4.69, 9.17) is 0 Å². The van der Waals surface area contributed by atoms with Crippen molar-refractivity contribution in [1.82, 2.24) is 0 Å². The van der Waals surface area contributed by atoms with E-state index < -0.39 is 5.82 Å². The lowest BCUT2D eigenvalue weighted by Crippen LogP contribution is -1.84. The van der Waals surface area contributed by atoms with Gasteiger partial charge in [-0.2, -0.15) is 0 Å². The number of aromatic hydroxyl groups is 2. The van der Waals surface area contributed by atoms with Crippen LogP contribution in [0.4, 0.5) is 4.39 Å². The van der Waals surface area contributed by atoms with E-state index in [0.29, 0.717) is 5.56 Å². The van der Waals surface area contributed by atoms with Gasteiger partial charge in [0.05, 0.1) is 5.56 Å². The molecule has 0 bridgehead atoms. The number of hydrogen-bond donors (Lipinski definition) is 2. The van der Waals surface area contributed by atoms with Crippen LogP contribution in [0.3, 0.4) is 0 Å². The number of halogens is 1. The standard InChI is InChI=1S/C12H8FO2/c13-10-5-2-6-11(15)12(10)8-3-1-4-9(14)7-8/h1,3-7,14-15H. The van der Waals surface area contributed by atoms with Crippen molar-refractivity contribution in [3.05, 3.63) is 48.3 Å². The van der Waals surface area contributed by atoms with E-state index in [1.165, 1.54) is 18.2 Å². The lowest BCUT2D eigenvalue weighted by Gasteiger charge is -2.05. The van der Waals surface area contributed by atoms with Crippen LogP contribution in [0.2, 0.25) is 0 Å². The van der Waals surface area contributed by atoms with E-state index in [1.54, 1.807) is 12.1 Å². The molecular weight excluding hydrogens is 195 g/mol. The van der Waals surface area contributed by atoms with E-state index in [1.807, 2.05) is 0 Å². The van der Waals surface area contributed by atoms with Gasteiger partial charge in [-0.1, -0.05) is 12.1 Å². The summed E-state index contributed by atoms with van der Waals surface area (Å²) in [5, 5.41) is 18.7. The summed E-state index contributed by atoms with van der Waals surface area (Å²) < 4.78 is 13.4. The molecule has 0 aliphatic heterocycles. The van der Waals surface area contributed by atoms with E-state index >= 15 is 0 Å². The van der Waals surface area contributed by atoms with Gasteiger partial charge in [-0.15, -0.1) is 0 Å². The molecule has 0 unspecified atom stereocenters. The van der Waals surface area contributed by atoms with Crippen molar-refractivity contribution >= 4 is 0 Å². The van der Waals surface area contributed by atoms with Crippen LogP contribution in [0.1, 0.15) is 0 Å². The third kappa shape index (κ3) is 1.76. The van der Waals surface area contributed by atoms with Gasteiger partial charge in [0.1, 0.15) is 17.3 Å². The second kappa shape index (κ2) is 3.61. The Labute approximate surface area is 86.2 Å². The second-order valence-electron chi connectivity index (χ2n) is 3.11. The summed E-state index contributed by atoms with van der Waals surface area (Å²) in [5.74, 6) is -0.736. The van der Waals surface area contributed by atoms with Crippen molar-refractivity contribution in [1.29, 1.82) is 0 Å². The molecule has 2 aromatic carbocycles. The van der Waals surface area contributed by atoms with Crippen LogP contribution in [-0.4, -0.2) is 10.2 Å². The molecule has 3 heteroatoms. The van der Waals surface area contributed by atoms with Gasteiger partial charge in [-0.25, -0.2) is 4.39 Å². The van der Waals surface area contributed by atoms with Crippen molar-refractivity contribution in [2.45, 2.75) is 0 Å². The molecule has 0 saturated heterocycles. The highest BCUT2D eigenvalue weighted by atomic mass is 19.1. The molecule has 2 aromatic rings. The minimum absolute atomic E-state index is 0.0270. The Hall–Kier alpha value is -2.03. The van der Waals surface area contributed by atoms with Gasteiger partial charge in [-0.3, -0.25) is 0 Å². The smallest absolute Gasteiger partial charge is 0.135 e. The van der Waals surface area contributed by atoms with E-state index in [2.05, 4.69) is 6.07 Å². The SMILES string of the molecule is Oc1cccc(-c2c(O)c[c]cc2F)c1. The van der Waals surface area contributed by atoms with Crippen LogP contribution >= 0.6 is 0 Å². The monoisotopic (exact) mass is 203 g/mol. The van der Waals surface area contributed by atoms with Crippen molar-refractivity contribution in [2.75, 3.05) is 0 Å². The average molecular weight is 203 g/mol. The minimum Gasteiger partial charge on any atom is -0.508 e. The van der Waals surface area contributed by atoms with E-state index in [-0.39, 0.29) is 17.1 Å². The number of hydrogen-bond acceptors (Lipinski definition) is 2. The maximum absolute atomic E-state index is 13.4. The zero-order valence-electron chi connectivity index (χ0n) is 7.74. The van der Waals surface area contributed by atoms with Crippen molar-refractivity contribution in [3.8, 4) is 22.6 Å². The van der Waals surface area contributed by atoms with Gasteiger partial charge in [0.25, 0.3) is 0 Å². The third-order valence-electron chi connectivity index (χ3n) is 2.06. The first kappa shape index (κ1) is 9.52. The van der Waals surface area contributed by atoms with Crippen LogP contribution < -0.4 is 0 Å². The predicted octanol–water partition coefficient (Wildman–Crippen LogP) is 2.70. The normalized spacial score (nSPS) is 10.2. The summed E-state index contributed by atoms with van der Waals surface area (Å²) in [7, 11) is 0. The molecular formula is C12H8FO2. The number of phenols is 2. The van der Waals surface area contributed by atoms with Crippen LogP contribution in [0.15, 0.2) is 36.4 Å². The molecule has 2 N–H and O–H groups in total. The minimum atomic E-state index is -0.569. The second-order valence-corrected chi connectivity index (χ2v) is 3.11. The summed E-state index contributed by atoms with van der Waals surface area (Å²) in [6, 6.07) is 10.9. The molecule has 0 saturated carbocycles. The predicted molar refractivity (Wildman–Crippen MR) is 54.0 cm³/mol. The Kier molecular flexibility index (Phi) is 2.29. The molecule has 0 amide bonds. The maximum atomic E-state index is 13.4. The average Bonchev–Trinajstić information content (AvgIpc) is 2.17. The maximum Gasteiger partial charge on any atom is 0.135 e. The molecule has 0 aliphatic carbocycles. The highest BCUT2D eigenvalue weighted by Crippen LogP contribution is 2.32. The zero-order chi connectivity index (χ0) is 10.8. The summed E-state index contributed by atoms with van der Waals surface area (Å²) in [4.78, 5) is 0. The highest BCUT2D eigenvalue weighted by molar-refractivity contribution is 5.71. The lowest BCUT2D eigenvalue weighted by atomic mass is 10.0.